The quantitative estimate of drug-likeness (QED) is 0.597. The number of hydrogen-bond acceptors (Lipinski definition) is 5. The van der Waals surface area contributed by atoms with E-state index in [1.165, 1.54) is 0 Å². The first-order chi connectivity index (χ1) is 16.7. The summed E-state index contributed by atoms with van der Waals surface area (Å²) >= 11 is 0. The highest BCUT2D eigenvalue weighted by Gasteiger charge is 2.37. The Bertz CT molecular complexity index is 1190. The van der Waals surface area contributed by atoms with Crippen LogP contribution in [0.15, 0.2) is 72.8 Å². The molecule has 0 aliphatic carbocycles. The minimum atomic E-state index is -0.407. The summed E-state index contributed by atoms with van der Waals surface area (Å²) in [5.74, 6) is 0.672. The number of nitrogens with one attached hydrogen (secondary N) is 1. The lowest BCUT2D eigenvalue weighted by Crippen LogP contribution is -2.40. The fourth-order valence-corrected chi connectivity index (χ4v) is 4.44. The Kier molecular flexibility index (Phi) is 6.18. The molecule has 2 amide bonds. The lowest BCUT2D eigenvalue weighted by atomic mass is 10.1. The van der Waals surface area contributed by atoms with Gasteiger partial charge in [0.1, 0.15) is 11.9 Å². The van der Waals surface area contributed by atoms with Crippen molar-refractivity contribution < 1.29 is 19.1 Å². The van der Waals surface area contributed by atoms with Crippen LogP contribution in [0.25, 0.3) is 0 Å². The molecule has 34 heavy (non-hydrogen) atoms. The van der Waals surface area contributed by atoms with E-state index in [0.717, 1.165) is 22.7 Å². The van der Waals surface area contributed by atoms with E-state index in [9.17, 15) is 9.59 Å². The summed E-state index contributed by atoms with van der Waals surface area (Å²) < 4.78 is 10.9. The lowest BCUT2D eigenvalue weighted by molar-refractivity contribution is 0.0303. The SMILES string of the molecule is CCOc1ccc(N2C(=O)c3ccccc3C2Nc2cccc(C(=O)N3CCOCC3)c2)cc1. The van der Waals surface area contributed by atoms with Crippen molar-refractivity contribution in [3.63, 3.8) is 0 Å². The molecule has 7 heteroatoms. The summed E-state index contributed by atoms with van der Waals surface area (Å²) in [4.78, 5) is 29.9. The van der Waals surface area contributed by atoms with Gasteiger partial charge in [0.25, 0.3) is 11.8 Å². The summed E-state index contributed by atoms with van der Waals surface area (Å²) in [5.41, 5.74) is 3.70. The van der Waals surface area contributed by atoms with Crippen LogP contribution in [0, 0.1) is 0 Å². The summed E-state index contributed by atoms with van der Waals surface area (Å²) in [5, 5.41) is 3.49. The van der Waals surface area contributed by atoms with Crippen LogP contribution < -0.4 is 15.0 Å². The number of anilines is 2. The fraction of sp³-hybridized carbons (Fsp3) is 0.259. The number of morpholine rings is 1. The van der Waals surface area contributed by atoms with Crippen molar-refractivity contribution in [2.24, 2.45) is 0 Å². The normalized spacial score (nSPS) is 17.4. The zero-order chi connectivity index (χ0) is 23.5. The van der Waals surface area contributed by atoms with Crippen LogP contribution >= 0.6 is 0 Å². The van der Waals surface area contributed by atoms with E-state index in [4.69, 9.17) is 9.47 Å². The van der Waals surface area contributed by atoms with Crippen molar-refractivity contribution in [2.45, 2.75) is 13.1 Å². The van der Waals surface area contributed by atoms with Crippen molar-refractivity contribution in [3.8, 4) is 5.75 Å². The van der Waals surface area contributed by atoms with Crippen LogP contribution in [0.2, 0.25) is 0 Å². The molecular weight excluding hydrogens is 430 g/mol. The van der Waals surface area contributed by atoms with E-state index in [2.05, 4.69) is 5.32 Å². The van der Waals surface area contributed by atoms with Gasteiger partial charge in [0.05, 0.1) is 19.8 Å². The number of benzene rings is 3. The molecule has 1 atom stereocenters. The van der Waals surface area contributed by atoms with Crippen molar-refractivity contribution in [2.75, 3.05) is 43.1 Å². The summed E-state index contributed by atoms with van der Waals surface area (Å²) in [6.07, 6.45) is -0.407. The summed E-state index contributed by atoms with van der Waals surface area (Å²) in [6.45, 7) is 4.81. The molecule has 1 unspecified atom stereocenters. The highest BCUT2D eigenvalue weighted by Crippen LogP contribution is 2.38. The Labute approximate surface area is 198 Å². The molecule has 0 bridgehead atoms. The molecule has 2 aliphatic heterocycles. The molecule has 3 aromatic rings. The predicted octanol–water partition coefficient (Wildman–Crippen LogP) is 4.33. The molecule has 3 aromatic carbocycles. The molecule has 2 aliphatic rings. The maximum Gasteiger partial charge on any atom is 0.260 e. The minimum absolute atomic E-state index is 0.0155. The Hall–Kier alpha value is -3.84. The van der Waals surface area contributed by atoms with Gasteiger partial charge in [-0.3, -0.25) is 14.5 Å². The third-order valence-corrected chi connectivity index (χ3v) is 6.10. The maximum absolute atomic E-state index is 13.4. The average molecular weight is 458 g/mol. The first-order valence-corrected chi connectivity index (χ1v) is 11.5. The van der Waals surface area contributed by atoms with Crippen molar-refractivity contribution in [3.05, 3.63) is 89.5 Å². The monoisotopic (exact) mass is 457 g/mol. The van der Waals surface area contributed by atoms with Crippen LogP contribution in [-0.2, 0) is 4.74 Å². The number of carbonyl (C=O) groups is 2. The molecule has 174 valence electrons. The average Bonchev–Trinajstić information content (AvgIpc) is 3.16. The second-order valence-corrected chi connectivity index (χ2v) is 8.22. The lowest BCUT2D eigenvalue weighted by Gasteiger charge is -2.28. The highest BCUT2D eigenvalue weighted by atomic mass is 16.5. The van der Waals surface area contributed by atoms with Gasteiger partial charge in [-0.25, -0.2) is 0 Å². The molecular formula is C27H27N3O4. The number of amides is 2. The van der Waals surface area contributed by atoms with E-state index < -0.39 is 6.17 Å². The third-order valence-electron chi connectivity index (χ3n) is 6.10. The number of hydrogen-bond donors (Lipinski definition) is 1. The van der Waals surface area contributed by atoms with Crippen LogP contribution in [-0.4, -0.2) is 49.6 Å². The third kappa shape index (κ3) is 4.22. The number of ether oxygens (including phenoxy) is 2. The van der Waals surface area contributed by atoms with Gasteiger partial charge in [-0.1, -0.05) is 24.3 Å². The Morgan fingerprint density at radius 3 is 2.56 bits per heavy atom. The van der Waals surface area contributed by atoms with Gasteiger partial charge in [-0.2, -0.15) is 0 Å². The Morgan fingerprint density at radius 2 is 1.79 bits per heavy atom. The second kappa shape index (κ2) is 9.57. The zero-order valence-corrected chi connectivity index (χ0v) is 19.1. The molecule has 2 heterocycles. The van der Waals surface area contributed by atoms with E-state index in [1.807, 2.05) is 84.6 Å². The molecule has 0 spiro atoms. The highest BCUT2D eigenvalue weighted by molar-refractivity contribution is 6.11. The van der Waals surface area contributed by atoms with Crippen molar-refractivity contribution >= 4 is 23.2 Å². The van der Waals surface area contributed by atoms with Gasteiger partial charge in [-0.15, -0.1) is 0 Å². The summed E-state index contributed by atoms with van der Waals surface area (Å²) in [6, 6.07) is 22.6. The topological polar surface area (TPSA) is 71.1 Å². The van der Waals surface area contributed by atoms with Crippen molar-refractivity contribution in [1.82, 2.24) is 4.90 Å². The van der Waals surface area contributed by atoms with Gasteiger partial charge in [0.15, 0.2) is 0 Å². The maximum atomic E-state index is 13.4. The number of carbonyl (C=O) groups excluding carboxylic acids is 2. The van der Waals surface area contributed by atoms with Crippen LogP contribution in [0.5, 0.6) is 5.75 Å². The van der Waals surface area contributed by atoms with Gasteiger partial charge in [0.2, 0.25) is 0 Å². The Balaban J connectivity index is 1.44. The largest absolute Gasteiger partial charge is 0.494 e. The van der Waals surface area contributed by atoms with E-state index >= 15 is 0 Å². The first-order valence-electron chi connectivity index (χ1n) is 11.5. The van der Waals surface area contributed by atoms with Gasteiger partial charge >= 0.3 is 0 Å². The molecule has 0 radical (unpaired) electrons. The molecule has 5 rings (SSSR count). The summed E-state index contributed by atoms with van der Waals surface area (Å²) in [7, 11) is 0. The van der Waals surface area contributed by atoms with Gasteiger partial charge in [0, 0.05) is 41.2 Å². The fourth-order valence-electron chi connectivity index (χ4n) is 4.44. The Morgan fingerprint density at radius 1 is 1.03 bits per heavy atom. The predicted molar refractivity (Wildman–Crippen MR) is 130 cm³/mol. The standard InChI is InChI=1S/C27H27N3O4/c1-2-34-22-12-10-21(11-13-22)30-25(23-8-3-4-9-24(23)27(30)32)28-20-7-5-6-19(18-20)26(31)29-14-16-33-17-15-29/h3-13,18,25,28H,2,14-17H2,1H3. The van der Waals surface area contributed by atoms with Crippen LogP contribution in [0.3, 0.4) is 0 Å². The zero-order valence-electron chi connectivity index (χ0n) is 19.1. The second-order valence-electron chi connectivity index (χ2n) is 8.22. The number of nitrogens with zero attached hydrogens (tertiary/aromatic N) is 2. The van der Waals surface area contributed by atoms with Crippen molar-refractivity contribution in [1.29, 1.82) is 0 Å². The van der Waals surface area contributed by atoms with Gasteiger partial charge in [-0.05, 0) is 55.5 Å². The van der Waals surface area contributed by atoms with Gasteiger partial charge < -0.3 is 19.7 Å². The molecule has 1 saturated heterocycles. The molecule has 1 fully saturated rings. The van der Waals surface area contributed by atoms with E-state index in [1.54, 1.807) is 4.90 Å². The minimum Gasteiger partial charge on any atom is -0.494 e. The molecule has 1 N–H and O–H groups in total. The van der Waals surface area contributed by atoms with E-state index in [0.29, 0.717) is 44.0 Å². The molecule has 0 aromatic heterocycles. The molecule has 0 saturated carbocycles. The van der Waals surface area contributed by atoms with Crippen LogP contribution in [0.4, 0.5) is 11.4 Å². The van der Waals surface area contributed by atoms with E-state index in [-0.39, 0.29) is 11.8 Å². The molecule has 7 nitrogen and oxygen atoms in total. The number of rotatable bonds is 6. The van der Waals surface area contributed by atoms with Crippen LogP contribution in [0.1, 0.15) is 39.4 Å². The smallest absolute Gasteiger partial charge is 0.260 e. The first kappa shape index (κ1) is 22.0. The number of fused-ring (bicyclic) bond motifs is 1.